The quantitative estimate of drug-likeness (QED) is 0.546. The lowest BCUT2D eigenvalue weighted by atomic mass is 9.97. The number of benzene rings is 2. The van der Waals surface area contributed by atoms with E-state index in [1.807, 2.05) is 0 Å². The van der Waals surface area contributed by atoms with Gasteiger partial charge >= 0.3 is 18.3 Å². The van der Waals surface area contributed by atoms with Crippen LogP contribution in [0.3, 0.4) is 0 Å². The van der Waals surface area contributed by atoms with Gasteiger partial charge in [-0.25, -0.2) is 0 Å². The number of aliphatic carboxylic acids is 1. The van der Waals surface area contributed by atoms with Gasteiger partial charge in [0.15, 0.2) is 0 Å². The van der Waals surface area contributed by atoms with Crippen LogP contribution in [-0.2, 0) is 30.1 Å². The van der Waals surface area contributed by atoms with Gasteiger partial charge in [-0.05, 0) is 47.9 Å². The van der Waals surface area contributed by atoms with Gasteiger partial charge in [-0.2, -0.15) is 26.3 Å². The molecule has 0 amide bonds. The highest BCUT2D eigenvalue weighted by Gasteiger charge is 2.38. The molecule has 32 heavy (non-hydrogen) atoms. The molecular weight excluding hydrogens is 440 g/mol. The molecule has 0 aromatic heterocycles. The number of hydrogen-bond donors (Lipinski definition) is 1. The standard InChI is InChI=1S/C22H21F6NO3/c23-21(24,25)17-5-6-19(22(26,27)28)16(9-17)12-29-10-15(11-29)13-32-18-3-1-2-14(8-18)4-7-20(30)31/h1-3,5-6,8-9,15H,4,7,10-13H2,(H,30,31). The van der Waals surface area contributed by atoms with E-state index in [0.29, 0.717) is 50.1 Å². The molecule has 1 heterocycles. The van der Waals surface area contributed by atoms with Crippen molar-refractivity contribution in [1.29, 1.82) is 0 Å². The van der Waals surface area contributed by atoms with Crippen LogP contribution in [0, 0.1) is 5.92 Å². The zero-order valence-corrected chi connectivity index (χ0v) is 16.8. The highest BCUT2D eigenvalue weighted by Crippen LogP contribution is 2.37. The molecule has 1 aliphatic rings. The zero-order chi connectivity index (χ0) is 23.5. The van der Waals surface area contributed by atoms with Gasteiger partial charge in [-0.1, -0.05) is 12.1 Å². The Morgan fingerprint density at radius 1 is 1.03 bits per heavy atom. The first-order chi connectivity index (χ1) is 14.9. The summed E-state index contributed by atoms with van der Waals surface area (Å²) in [5, 5.41) is 8.75. The Morgan fingerprint density at radius 2 is 1.75 bits per heavy atom. The van der Waals surface area contributed by atoms with Gasteiger partial charge in [0.25, 0.3) is 0 Å². The van der Waals surface area contributed by atoms with Crippen LogP contribution >= 0.6 is 0 Å². The molecule has 0 spiro atoms. The Labute approximate surface area is 180 Å². The van der Waals surface area contributed by atoms with Gasteiger partial charge in [0.05, 0.1) is 17.7 Å². The Kier molecular flexibility index (Phi) is 7.02. The molecule has 174 valence electrons. The zero-order valence-electron chi connectivity index (χ0n) is 16.8. The molecule has 1 N–H and O–H groups in total. The molecule has 10 heteroatoms. The van der Waals surface area contributed by atoms with Crippen molar-refractivity contribution in [2.24, 2.45) is 5.92 Å². The van der Waals surface area contributed by atoms with Crippen molar-refractivity contribution in [2.75, 3.05) is 19.7 Å². The number of carbonyl (C=O) groups is 1. The van der Waals surface area contributed by atoms with E-state index in [-0.39, 0.29) is 18.9 Å². The summed E-state index contributed by atoms with van der Waals surface area (Å²) < 4.78 is 84.1. The van der Waals surface area contributed by atoms with E-state index in [2.05, 4.69) is 0 Å². The van der Waals surface area contributed by atoms with Gasteiger partial charge in [0.1, 0.15) is 5.75 Å². The van der Waals surface area contributed by atoms with Gasteiger partial charge in [-0.3, -0.25) is 9.69 Å². The van der Waals surface area contributed by atoms with Crippen molar-refractivity contribution in [3.05, 3.63) is 64.7 Å². The third-order valence-electron chi connectivity index (χ3n) is 5.18. The van der Waals surface area contributed by atoms with Gasteiger partial charge in [0.2, 0.25) is 0 Å². The molecule has 0 radical (unpaired) electrons. The average molecular weight is 461 g/mol. The number of rotatable bonds is 8. The number of carboxylic acids is 1. The first-order valence-corrected chi connectivity index (χ1v) is 9.85. The van der Waals surface area contributed by atoms with Gasteiger partial charge < -0.3 is 9.84 Å². The third kappa shape index (κ3) is 6.38. The number of hydrogen-bond acceptors (Lipinski definition) is 3. The van der Waals surface area contributed by atoms with E-state index in [9.17, 15) is 31.1 Å². The molecule has 0 aliphatic carbocycles. The monoisotopic (exact) mass is 461 g/mol. The number of nitrogens with zero attached hydrogens (tertiary/aromatic N) is 1. The van der Waals surface area contributed by atoms with E-state index in [4.69, 9.17) is 9.84 Å². The van der Waals surface area contributed by atoms with Crippen LogP contribution in [0.15, 0.2) is 42.5 Å². The fourth-order valence-electron chi connectivity index (χ4n) is 3.59. The number of halogens is 6. The second kappa shape index (κ2) is 9.40. The molecule has 3 rings (SSSR count). The topological polar surface area (TPSA) is 49.8 Å². The maximum atomic E-state index is 13.2. The predicted octanol–water partition coefficient (Wildman–Crippen LogP) is 5.25. The summed E-state index contributed by atoms with van der Waals surface area (Å²) in [5.74, 6) is -0.318. The average Bonchev–Trinajstić information content (AvgIpc) is 2.66. The first-order valence-electron chi connectivity index (χ1n) is 9.85. The number of alkyl halides is 6. The summed E-state index contributed by atoms with van der Waals surface area (Å²) in [6.07, 6.45) is -9.10. The van der Waals surface area contributed by atoms with Crippen molar-refractivity contribution in [3.8, 4) is 5.75 Å². The number of aryl methyl sites for hydroxylation is 1. The fraction of sp³-hybridized carbons (Fsp3) is 0.409. The van der Waals surface area contributed by atoms with Crippen LogP contribution in [0.4, 0.5) is 26.3 Å². The summed E-state index contributed by atoms with van der Waals surface area (Å²) in [6, 6.07) is 8.48. The Morgan fingerprint density at radius 3 is 2.38 bits per heavy atom. The third-order valence-corrected chi connectivity index (χ3v) is 5.18. The molecule has 0 atom stereocenters. The summed E-state index contributed by atoms with van der Waals surface area (Å²) in [7, 11) is 0. The molecule has 4 nitrogen and oxygen atoms in total. The number of ether oxygens (including phenoxy) is 1. The molecular formula is C22H21F6NO3. The van der Waals surface area contributed by atoms with Crippen LogP contribution in [0.1, 0.15) is 28.7 Å². The molecule has 0 unspecified atom stereocenters. The van der Waals surface area contributed by atoms with Crippen LogP contribution in [0.2, 0.25) is 0 Å². The molecule has 1 saturated heterocycles. The van der Waals surface area contributed by atoms with Crippen LogP contribution in [0.5, 0.6) is 5.75 Å². The Hall–Kier alpha value is -2.75. The Bertz CT molecular complexity index is 951. The van der Waals surface area contributed by atoms with E-state index in [0.717, 1.165) is 5.56 Å². The highest BCUT2D eigenvalue weighted by molar-refractivity contribution is 5.67. The van der Waals surface area contributed by atoms with Crippen molar-refractivity contribution < 1.29 is 41.0 Å². The van der Waals surface area contributed by atoms with Crippen LogP contribution in [0.25, 0.3) is 0 Å². The summed E-state index contributed by atoms with van der Waals surface area (Å²) in [5.41, 5.74) is -1.77. The second-order valence-corrected chi connectivity index (χ2v) is 7.78. The molecule has 1 aliphatic heterocycles. The summed E-state index contributed by atoms with van der Waals surface area (Å²) in [6.45, 7) is 0.853. The van der Waals surface area contributed by atoms with E-state index in [1.165, 1.54) is 0 Å². The number of likely N-dealkylation sites (tertiary alicyclic amines) is 1. The lowest BCUT2D eigenvalue weighted by Crippen LogP contribution is -2.48. The molecule has 0 bridgehead atoms. The summed E-state index contributed by atoms with van der Waals surface area (Å²) in [4.78, 5) is 12.3. The lowest BCUT2D eigenvalue weighted by molar-refractivity contribution is -0.142. The van der Waals surface area contributed by atoms with Gasteiger partial charge in [0, 0.05) is 32.0 Å². The Balaban J connectivity index is 1.55. The SMILES string of the molecule is O=C(O)CCc1cccc(OCC2CN(Cc3cc(C(F)(F)F)ccc3C(F)(F)F)C2)c1. The number of carboxylic acid groups (broad SMARTS) is 1. The first kappa shape index (κ1) is 23.9. The summed E-state index contributed by atoms with van der Waals surface area (Å²) >= 11 is 0. The second-order valence-electron chi connectivity index (χ2n) is 7.78. The van der Waals surface area contributed by atoms with Crippen molar-refractivity contribution in [1.82, 2.24) is 4.90 Å². The molecule has 2 aromatic rings. The highest BCUT2D eigenvalue weighted by atomic mass is 19.4. The predicted molar refractivity (Wildman–Crippen MR) is 103 cm³/mol. The van der Waals surface area contributed by atoms with E-state index >= 15 is 0 Å². The van der Waals surface area contributed by atoms with Crippen molar-refractivity contribution >= 4 is 5.97 Å². The molecule has 0 saturated carbocycles. The van der Waals surface area contributed by atoms with Crippen LogP contribution in [-0.4, -0.2) is 35.7 Å². The maximum Gasteiger partial charge on any atom is 0.416 e. The van der Waals surface area contributed by atoms with E-state index < -0.39 is 35.0 Å². The largest absolute Gasteiger partial charge is 0.493 e. The minimum absolute atomic E-state index is 0.00348. The lowest BCUT2D eigenvalue weighted by Gasteiger charge is -2.39. The van der Waals surface area contributed by atoms with Crippen molar-refractivity contribution in [3.63, 3.8) is 0 Å². The molecule has 2 aromatic carbocycles. The van der Waals surface area contributed by atoms with Crippen molar-refractivity contribution in [2.45, 2.75) is 31.7 Å². The normalized spacial score (nSPS) is 15.4. The molecule has 1 fully saturated rings. The van der Waals surface area contributed by atoms with E-state index in [1.54, 1.807) is 29.2 Å². The van der Waals surface area contributed by atoms with Crippen LogP contribution < -0.4 is 4.74 Å². The maximum absolute atomic E-state index is 13.2. The smallest absolute Gasteiger partial charge is 0.416 e. The minimum Gasteiger partial charge on any atom is -0.493 e. The fourth-order valence-corrected chi connectivity index (χ4v) is 3.59. The van der Waals surface area contributed by atoms with Gasteiger partial charge in [-0.15, -0.1) is 0 Å². The minimum atomic E-state index is -4.74.